The molecule has 0 aliphatic rings. The van der Waals surface area contributed by atoms with Gasteiger partial charge >= 0.3 is 5.97 Å². The first-order valence-corrected chi connectivity index (χ1v) is 5.15. The fourth-order valence-corrected chi connectivity index (χ4v) is 1.57. The second kappa shape index (κ2) is 4.98. The minimum atomic E-state index is -1.20. The van der Waals surface area contributed by atoms with E-state index in [0.29, 0.717) is 0 Å². The summed E-state index contributed by atoms with van der Waals surface area (Å²) in [5.74, 6) is -1.91. The number of rotatable bonds is 2. The molecule has 0 aromatic heterocycles. The molecular formula is C10H10FNO3S. The zero-order chi connectivity index (χ0) is 12.3. The monoisotopic (exact) mass is 243 g/mol. The first-order valence-electron chi connectivity index (χ1n) is 4.34. The molecule has 1 aromatic rings. The van der Waals surface area contributed by atoms with Gasteiger partial charge in [0.1, 0.15) is 5.82 Å². The molecule has 0 saturated heterocycles. The van der Waals surface area contributed by atoms with Crippen molar-refractivity contribution in [2.45, 2.75) is 4.90 Å². The molecule has 0 atom stereocenters. The van der Waals surface area contributed by atoms with Gasteiger partial charge in [-0.2, -0.15) is 0 Å². The lowest BCUT2D eigenvalue weighted by Crippen LogP contribution is -2.16. The van der Waals surface area contributed by atoms with Crippen LogP contribution in [-0.2, 0) is 0 Å². The van der Waals surface area contributed by atoms with Gasteiger partial charge in [0.15, 0.2) is 0 Å². The van der Waals surface area contributed by atoms with E-state index < -0.39 is 11.8 Å². The predicted octanol–water partition coefficient (Wildman–Crippen LogP) is 2.30. The van der Waals surface area contributed by atoms with Crippen LogP contribution in [0.1, 0.15) is 10.4 Å². The number of carboxylic acids is 1. The molecule has 1 amide bonds. The summed E-state index contributed by atoms with van der Waals surface area (Å²) in [6.45, 7) is 0. The van der Waals surface area contributed by atoms with E-state index in [0.717, 1.165) is 17.8 Å². The largest absolute Gasteiger partial charge is 0.478 e. The number of carbonyl (C=O) groups is 2. The molecule has 0 fully saturated rings. The average Bonchev–Trinajstić information content (AvgIpc) is 2.20. The number of carboxylic acid groups (broad SMARTS) is 1. The van der Waals surface area contributed by atoms with Crippen LogP contribution in [0.3, 0.4) is 0 Å². The highest BCUT2D eigenvalue weighted by Gasteiger charge is 2.13. The molecule has 1 aromatic carbocycles. The number of benzene rings is 1. The highest BCUT2D eigenvalue weighted by Crippen LogP contribution is 2.24. The Kier molecular flexibility index (Phi) is 3.89. The highest BCUT2D eigenvalue weighted by atomic mass is 32.2. The number of amides is 1. The van der Waals surface area contributed by atoms with Gasteiger partial charge in [-0.05, 0) is 30.0 Å². The molecule has 0 spiro atoms. The van der Waals surface area contributed by atoms with Gasteiger partial charge in [0.2, 0.25) is 0 Å². The van der Waals surface area contributed by atoms with Crippen LogP contribution in [0.5, 0.6) is 0 Å². The number of thioether (sulfide) groups is 1. The van der Waals surface area contributed by atoms with Crippen molar-refractivity contribution in [3.63, 3.8) is 0 Å². The van der Waals surface area contributed by atoms with E-state index in [1.54, 1.807) is 14.1 Å². The van der Waals surface area contributed by atoms with Crippen molar-refractivity contribution in [2.24, 2.45) is 0 Å². The SMILES string of the molecule is CN(C)C(=O)Sc1ccc(C(=O)O)cc1F. The average molecular weight is 243 g/mol. The van der Waals surface area contributed by atoms with Gasteiger partial charge in [0.05, 0.1) is 10.5 Å². The third-order valence-electron chi connectivity index (χ3n) is 1.74. The third kappa shape index (κ3) is 2.96. The second-order valence-corrected chi connectivity index (χ2v) is 4.21. The quantitative estimate of drug-likeness (QED) is 0.810. The molecule has 4 nitrogen and oxygen atoms in total. The number of aromatic carboxylic acids is 1. The van der Waals surface area contributed by atoms with Crippen LogP contribution >= 0.6 is 11.8 Å². The molecule has 0 aliphatic heterocycles. The molecule has 1 N–H and O–H groups in total. The zero-order valence-corrected chi connectivity index (χ0v) is 9.55. The molecule has 0 saturated carbocycles. The van der Waals surface area contributed by atoms with Crippen LogP contribution in [0.25, 0.3) is 0 Å². The summed E-state index contributed by atoms with van der Waals surface area (Å²) in [6, 6.07) is 3.44. The molecule has 0 aliphatic carbocycles. The maximum Gasteiger partial charge on any atom is 0.335 e. The number of halogens is 1. The smallest absolute Gasteiger partial charge is 0.335 e. The van der Waals surface area contributed by atoms with Gasteiger partial charge in [0.25, 0.3) is 5.24 Å². The Morgan fingerprint density at radius 3 is 2.44 bits per heavy atom. The van der Waals surface area contributed by atoms with Crippen LogP contribution in [0.2, 0.25) is 0 Å². The fourth-order valence-electron chi connectivity index (χ4n) is 0.902. The Morgan fingerprint density at radius 2 is 2.00 bits per heavy atom. The van der Waals surface area contributed by atoms with Gasteiger partial charge in [-0.1, -0.05) is 0 Å². The van der Waals surface area contributed by atoms with Crippen molar-refractivity contribution >= 4 is 23.0 Å². The Bertz CT molecular complexity index is 434. The van der Waals surface area contributed by atoms with E-state index in [1.165, 1.54) is 17.0 Å². The van der Waals surface area contributed by atoms with Gasteiger partial charge in [-0.3, -0.25) is 4.79 Å². The van der Waals surface area contributed by atoms with E-state index in [1.807, 2.05) is 0 Å². The Labute approximate surface area is 96.1 Å². The van der Waals surface area contributed by atoms with Crippen LogP contribution in [0.15, 0.2) is 23.1 Å². The number of nitrogens with zero attached hydrogens (tertiary/aromatic N) is 1. The predicted molar refractivity (Wildman–Crippen MR) is 58.3 cm³/mol. The lowest BCUT2D eigenvalue weighted by atomic mass is 10.2. The van der Waals surface area contributed by atoms with E-state index in [-0.39, 0.29) is 15.7 Å². The second-order valence-electron chi connectivity index (χ2n) is 3.21. The first-order chi connectivity index (χ1) is 7.41. The summed E-state index contributed by atoms with van der Waals surface area (Å²) in [5, 5.41) is 8.30. The Morgan fingerprint density at radius 1 is 1.38 bits per heavy atom. The fraction of sp³-hybridized carbons (Fsp3) is 0.200. The van der Waals surface area contributed by atoms with Gasteiger partial charge in [-0.25, -0.2) is 9.18 Å². The summed E-state index contributed by atoms with van der Waals surface area (Å²) >= 11 is 0.718. The van der Waals surface area contributed by atoms with E-state index in [4.69, 9.17) is 5.11 Å². The van der Waals surface area contributed by atoms with Gasteiger partial charge in [0, 0.05) is 14.1 Å². The summed E-state index contributed by atoms with van der Waals surface area (Å²) in [6.07, 6.45) is 0. The molecule has 0 unspecified atom stereocenters. The molecule has 86 valence electrons. The van der Waals surface area contributed by atoms with Crippen molar-refractivity contribution in [3.8, 4) is 0 Å². The van der Waals surface area contributed by atoms with E-state index >= 15 is 0 Å². The highest BCUT2D eigenvalue weighted by molar-refractivity contribution is 8.13. The van der Waals surface area contributed by atoms with Crippen LogP contribution in [-0.4, -0.2) is 35.3 Å². The van der Waals surface area contributed by atoms with E-state index in [2.05, 4.69) is 0 Å². The standard InChI is InChI=1S/C10H10FNO3S/c1-12(2)10(15)16-8-4-3-6(9(13)14)5-7(8)11/h3-5H,1-2H3,(H,13,14). The lowest BCUT2D eigenvalue weighted by Gasteiger charge is -2.09. The third-order valence-corrected chi connectivity index (χ3v) is 2.83. The first kappa shape index (κ1) is 12.5. The van der Waals surface area contributed by atoms with Crippen molar-refractivity contribution < 1.29 is 19.1 Å². The van der Waals surface area contributed by atoms with Crippen molar-refractivity contribution in [3.05, 3.63) is 29.6 Å². The maximum absolute atomic E-state index is 13.4. The van der Waals surface area contributed by atoms with Crippen LogP contribution in [0.4, 0.5) is 9.18 Å². The zero-order valence-electron chi connectivity index (χ0n) is 8.73. The number of hydrogen-bond donors (Lipinski definition) is 1. The molecule has 16 heavy (non-hydrogen) atoms. The maximum atomic E-state index is 13.4. The minimum absolute atomic E-state index is 0.115. The minimum Gasteiger partial charge on any atom is -0.478 e. The molecule has 1 rings (SSSR count). The summed E-state index contributed by atoms with van der Waals surface area (Å²) in [7, 11) is 3.11. The molecule has 0 bridgehead atoms. The van der Waals surface area contributed by atoms with Gasteiger partial charge < -0.3 is 10.0 Å². The molecule has 6 heteroatoms. The van der Waals surface area contributed by atoms with Crippen molar-refractivity contribution in [2.75, 3.05) is 14.1 Å². The molecule has 0 radical (unpaired) electrons. The normalized spacial score (nSPS) is 9.94. The van der Waals surface area contributed by atoms with Crippen molar-refractivity contribution in [1.29, 1.82) is 0 Å². The number of carbonyl (C=O) groups excluding carboxylic acids is 1. The molecule has 0 heterocycles. The number of hydrogen-bond acceptors (Lipinski definition) is 3. The van der Waals surface area contributed by atoms with Crippen LogP contribution < -0.4 is 0 Å². The Hall–Kier alpha value is -1.56. The molecular weight excluding hydrogens is 233 g/mol. The topological polar surface area (TPSA) is 57.6 Å². The Balaban J connectivity index is 2.91. The van der Waals surface area contributed by atoms with Gasteiger partial charge in [-0.15, -0.1) is 0 Å². The van der Waals surface area contributed by atoms with Crippen LogP contribution in [0, 0.1) is 5.82 Å². The lowest BCUT2D eigenvalue weighted by molar-refractivity contribution is 0.0696. The summed E-state index contributed by atoms with van der Waals surface area (Å²) in [5.41, 5.74) is -0.140. The summed E-state index contributed by atoms with van der Waals surface area (Å²) < 4.78 is 13.4. The summed E-state index contributed by atoms with van der Waals surface area (Å²) in [4.78, 5) is 23.3. The van der Waals surface area contributed by atoms with Crippen molar-refractivity contribution in [1.82, 2.24) is 4.90 Å². The van der Waals surface area contributed by atoms with E-state index in [9.17, 15) is 14.0 Å².